The van der Waals surface area contributed by atoms with Crippen molar-refractivity contribution >= 4 is 29.1 Å². The molecular weight excluding hydrogens is 326 g/mol. The number of carbonyl (C=O) groups excluding carboxylic acids is 2. The van der Waals surface area contributed by atoms with Crippen LogP contribution in [0.5, 0.6) is 0 Å². The lowest BCUT2D eigenvalue weighted by Crippen LogP contribution is -2.33. The molecule has 0 atom stereocenters. The van der Waals surface area contributed by atoms with Crippen LogP contribution >= 0.6 is 11.6 Å². The Bertz CT molecular complexity index is 757. The number of benzene rings is 1. The standard InChI is InChI=1S/C18H18ClN3O2/c19-13-8-3-4-9-14(13)22-18(24)16-11-5-10-15(21-16)17(23)20-12-6-1-2-7-12/h3-5,8-12H,1-2,6-7H2,(H,20,23)(H,22,24). The average Bonchev–Trinajstić information content (AvgIpc) is 3.10. The molecule has 2 aromatic rings. The van der Waals surface area contributed by atoms with Gasteiger partial charge in [-0.25, -0.2) is 4.98 Å². The Morgan fingerprint density at radius 2 is 1.62 bits per heavy atom. The number of hydrogen-bond donors (Lipinski definition) is 2. The van der Waals surface area contributed by atoms with Gasteiger partial charge in [-0.2, -0.15) is 0 Å². The number of nitrogens with zero attached hydrogens (tertiary/aromatic N) is 1. The Hall–Kier alpha value is -2.40. The molecule has 0 aliphatic heterocycles. The molecule has 24 heavy (non-hydrogen) atoms. The van der Waals surface area contributed by atoms with Gasteiger partial charge in [0.1, 0.15) is 11.4 Å². The van der Waals surface area contributed by atoms with Crippen LogP contribution in [0.1, 0.15) is 46.7 Å². The van der Waals surface area contributed by atoms with E-state index in [9.17, 15) is 9.59 Å². The minimum atomic E-state index is -0.404. The van der Waals surface area contributed by atoms with Crippen LogP contribution in [0.15, 0.2) is 42.5 Å². The second kappa shape index (κ2) is 7.45. The topological polar surface area (TPSA) is 71.1 Å². The van der Waals surface area contributed by atoms with E-state index in [2.05, 4.69) is 15.6 Å². The van der Waals surface area contributed by atoms with Gasteiger partial charge < -0.3 is 10.6 Å². The first-order valence-corrected chi connectivity index (χ1v) is 8.35. The third-order valence-corrected chi connectivity index (χ3v) is 4.36. The lowest BCUT2D eigenvalue weighted by atomic mass is 10.2. The van der Waals surface area contributed by atoms with E-state index in [1.165, 1.54) is 0 Å². The number of anilines is 1. The van der Waals surface area contributed by atoms with Crippen LogP contribution in [-0.2, 0) is 0 Å². The fourth-order valence-corrected chi connectivity index (χ4v) is 2.95. The Kier molecular flexibility index (Phi) is 5.11. The molecule has 0 radical (unpaired) electrons. The third-order valence-electron chi connectivity index (χ3n) is 4.03. The van der Waals surface area contributed by atoms with Crippen LogP contribution in [-0.4, -0.2) is 22.8 Å². The van der Waals surface area contributed by atoms with Crippen LogP contribution in [0.2, 0.25) is 5.02 Å². The molecule has 1 aromatic carbocycles. The number of amides is 2. The summed E-state index contributed by atoms with van der Waals surface area (Å²) in [6, 6.07) is 12.0. The van der Waals surface area contributed by atoms with Crippen molar-refractivity contribution in [3.05, 3.63) is 58.9 Å². The van der Waals surface area contributed by atoms with Crippen molar-refractivity contribution in [3.8, 4) is 0 Å². The van der Waals surface area contributed by atoms with Gasteiger partial charge in [0.25, 0.3) is 11.8 Å². The summed E-state index contributed by atoms with van der Waals surface area (Å²) in [6.07, 6.45) is 4.27. The molecule has 5 nitrogen and oxygen atoms in total. The highest BCUT2D eigenvalue weighted by molar-refractivity contribution is 6.33. The van der Waals surface area contributed by atoms with Gasteiger partial charge in [-0.05, 0) is 37.1 Å². The Morgan fingerprint density at radius 1 is 0.958 bits per heavy atom. The number of aromatic nitrogens is 1. The third kappa shape index (κ3) is 3.92. The molecule has 0 saturated heterocycles. The molecule has 1 aliphatic carbocycles. The molecule has 3 rings (SSSR count). The van der Waals surface area contributed by atoms with E-state index in [1.54, 1.807) is 42.5 Å². The molecule has 1 saturated carbocycles. The molecule has 1 aliphatic rings. The Balaban J connectivity index is 1.71. The minimum absolute atomic E-state index is 0.175. The second-order valence-corrected chi connectivity index (χ2v) is 6.20. The maximum atomic E-state index is 12.3. The molecule has 0 unspecified atom stereocenters. The zero-order chi connectivity index (χ0) is 16.9. The van der Waals surface area contributed by atoms with E-state index in [0.29, 0.717) is 10.7 Å². The first-order chi connectivity index (χ1) is 11.6. The number of pyridine rings is 1. The molecular formula is C18H18ClN3O2. The van der Waals surface area contributed by atoms with Crippen molar-refractivity contribution < 1.29 is 9.59 Å². The van der Waals surface area contributed by atoms with Gasteiger partial charge in [-0.3, -0.25) is 9.59 Å². The molecule has 1 heterocycles. The fraction of sp³-hybridized carbons (Fsp3) is 0.278. The maximum Gasteiger partial charge on any atom is 0.274 e. The number of hydrogen-bond acceptors (Lipinski definition) is 3. The van der Waals surface area contributed by atoms with Crippen LogP contribution in [0.25, 0.3) is 0 Å². The summed E-state index contributed by atoms with van der Waals surface area (Å²) in [5, 5.41) is 6.11. The molecule has 124 valence electrons. The smallest absolute Gasteiger partial charge is 0.274 e. The van der Waals surface area contributed by atoms with E-state index in [-0.39, 0.29) is 23.3 Å². The first-order valence-electron chi connectivity index (χ1n) is 7.97. The summed E-state index contributed by atoms with van der Waals surface area (Å²) < 4.78 is 0. The van der Waals surface area contributed by atoms with Gasteiger partial charge >= 0.3 is 0 Å². The summed E-state index contributed by atoms with van der Waals surface area (Å²) in [5.74, 6) is -0.645. The first kappa shape index (κ1) is 16.5. The highest BCUT2D eigenvalue weighted by atomic mass is 35.5. The van der Waals surface area contributed by atoms with Gasteiger partial charge in [0.15, 0.2) is 0 Å². The Morgan fingerprint density at radius 3 is 2.33 bits per heavy atom. The maximum absolute atomic E-state index is 12.3. The summed E-state index contributed by atoms with van der Waals surface area (Å²) >= 11 is 6.03. The molecule has 0 bridgehead atoms. The lowest BCUT2D eigenvalue weighted by molar-refractivity contribution is 0.0932. The molecule has 1 aromatic heterocycles. The monoisotopic (exact) mass is 343 g/mol. The zero-order valence-electron chi connectivity index (χ0n) is 13.1. The van der Waals surface area contributed by atoms with Crippen molar-refractivity contribution in [2.24, 2.45) is 0 Å². The quantitative estimate of drug-likeness (QED) is 0.890. The summed E-state index contributed by atoms with van der Waals surface area (Å²) in [6.45, 7) is 0. The van der Waals surface area contributed by atoms with Crippen molar-refractivity contribution in [2.75, 3.05) is 5.32 Å². The highest BCUT2D eigenvalue weighted by Gasteiger charge is 2.19. The molecule has 1 fully saturated rings. The van der Waals surface area contributed by atoms with Gasteiger partial charge in [-0.1, -0.05) is 42.6 Å². The fourth-order valence-electron chi connectivity index (χ4n) is 2.77. The minimum Gasteiger partial charge on any atom is -0.348 e. The molecule has 6 heteroatoms. The van der Waals surface area contributed by atoms with Crippen molar-refractivity contribution in [3.63, 3.8) is 0 Å². The molecule has 0 spiro atoms. The van der Waals surface area contributed by atoms with E-state index in [4.69, 9.17) is 11.6 Å². The van der Waals surface area contributed by atoms with E-state index < -0.39 is 5.91 Å². The lowest BCUT2D eigenvalue weighted by Gasteiger charge is -2.12. The average molecular weight is 344 g/mol. The van der Waals surface area contributed by atoms with Gasteiger partial charge in [-0.15, -0.1) is 0 Å². The van der Waals surface area contributed by atoms with Gasteiger partial charge in [0.2, 0.25) is 0 Å². The van der Waals surface area contributed by atoms with E-state index in [0.717, 1.165) is 25.7 Å². The predicted octanol–water partition coefficient (Wildman–Crippen LogP) is 3.66. The zero-order valence-corrected chi connectivity index (χ0v) is 13.8. The van der Waals surface area contributed by atoms with Gasteiger partial charge in [0.05, 0.1) is 10.7 Å². The van der Waals surface area contributed by atoms with Gasteiger partial charge in [0, 0.05) is 6.04 Å². The van der Waals surface area contributed by atoms with E-state index in [1.807, 2.05) is 0 Å². The number of carbonyl (C=O) groups is 2. The highest BCUT2D eigenvalue weighted by Crippen LogP contribution is 2.21. The van der Waals surface area contributed by atoms with Crippen LogP contribution in [0.3, 0.4) is 0 Å². The normalized spacial score (nSPS) is 14.4. The van der Waals surface area contributed by atoms with Crippen molar-refractivity contribution in [1.82, 2.24) is 10.3 Å². The summed E-state index contributed by atoms with van der Waals surface area (Å²) in [4.78, 5) is 28.8. The largest absolute Gasteiger partial charge is 0.348 e. The van der Waals surface area contributed by atoms with E-state index >= 15 is 0 Å². The predicted molar refractivity (Wildman–Crippen MR) is 93.4 cm³/mol. The number of rotatable bonds is 4. The summed E-state index contributed by atoms with van der Waals surface area (Å²) in [7, 11) is 0. The Labute approximate surface area is 145 Å². The molecule has 2 N–H and O–H groups in total. The van der Waals surface area contributed by atoms with Crippen molar-refractivity contribution in [2.45, 2.75) is 31.7 Å². The van der Waals surface area contributed by atoms with Crippen molar-refractivity contribution in [1.29, 1.82) is 0 Å². The SMILES string of the molecule is O=C(Nc1ccccc1Cl)c1cccc(C(=O)NC2CCCC2)n1. The summed E-state index contributed by atoms with van der Waals surface area (Å²) in [5.41, 5.74) is 0.925. The molecule has 2 amide bonds. The van der Waals surface area contributed by atoms with Crippen LogP contribution in [0.4, 0.5) is 5.69 Å². The van der Waals surface area contributed by atoms with Crippen LogP contribution in [0, 0.1) is 0 Å². The second-order valence-electron chi connectivity index (χ2n) is 5.80. The number of para-hydroxylation sites is 1. The van der Waals surface area contributed by atoms with Crippen LogP contribution < -0.4 is 10.6 Å². The number of halogens is 1. The number of nitrogens with one attached hydrogen (secondary N) is 2.